The fourth-order valence-corrected chi connectivity index (χ4v) is 3.12. The minimum Gasteiger partial charge on any atom is -0.463 e. The molecule has 0 fully saturated rings. The maximum absolute atomic E-state index is 9.61. The summed E-state index contributed by atoms with van der Waals surface area (Å²) >= 11 is 0. The summed E-state index contributed by atoms with van der Waals surface area (Å²) in [6.45, 7) is 8.55. The molecule has 140 valence electrons. The SMILES string of the molecule is C=Nc1c(N)nc(OCCCC)nc1NCc1cccc(CP(C)O)c1. The predicted octanol–water partition coefficient (Wildman–Crippen LogP) is 3.70. The van der Waals surface area contributed by atoms with Crippen molar-refractivity contribution in [3.05, 3.63) is 35.4 Å². The molecule has 0 aliphatic rings. The molecule has 1 atom stereocenters. The van der Waals surface area contributed by atoms with Crippen molar-refractivity contribution in [2.75, 3.05) is 24.3 Å². The number of aliphatic imine (C=N–C) groups is 1. The highest BCUT2D eigenvalue weighted by molar-refractivity contribution is 7.49. The molecule has 0 bridgehead atoms. The van der Waals surface area contributed by atoms with E-state index in [0.29, 0.717) is 30.8 Å². The van der Waals surface area contributed by atoms with Crippen LogP contribution >= 0.6 is 8.15 Å². The second-order valence-corrected chi connectivity index (χ2v) is 7.57. The summed E-state index contributed by atoms with van der Waals surface area (Å²) in [7, 11) is -0.964. The Morgan fingerprint density at radius 1 is 1.35 bits per heavy atom. The minimum absolute atomic E-state index is 0.231. The van der Waals surface area contributed by atoms with Crippen molar-refractivity contribution in [1.29, 1.82) is 0 Å². The standard InChI is InChI=1S/C18H26N5O2P/c1-4-5-9-25-18-22-16(19)15(20-2)17(23-18)21-11-13-7-6-8-14(10-13)12-26(3)24/h6-8,10,24H,2,4-5,9,11-12H2,1,3H3,(H3,19,21,22,23). The highest BCUT2D eigenvalue weighted by Crippen LogP contribution is 2.31. The highest BCUT2D eigenvalue weighted by Gasteiger charge is 2.12. The first-order valence-corrected chi connectivity index (χ1v) is 10.4. The third-order valence-electron chi connectivity index (χ3n) is 3.64. The van der Waals surface area contributed by atoms with E-state index in [9.17, 15) is 4.89 Å². The van der Waals surface area contributed by atoms with Crippen LogP contribution in [-0.2, 0) is 12.7 Å². The lowest BCUT2D eigenvalue weighted by Crippen LogP contribution is -2.08. The Balaban J connectivity index is 2.13. The molecular formula is C18H26N5O2P. The molecular weight excluding hydrogens is 349 g/mol. The van der Waals surface area contributed by atoms with Crippen LogP contribution in [0.5, 0.6) is 6.01 Å². The van der Waals surface area contributed by atoms with Gasteiger partial charge in [0, 0.05) is 20.9 Å². The van der Waals surface area contributed by atoms with E-state index < -0.39 is 8.15 Å². The number of benzene rings is 1. The molecule has 1 unspecified atom stereocenters. The van der Waals surface area contributed by atoms with E-state index in [1.54, 1.807) is 0 Å². The number of nitrogens with two attached hydrogens (primary N) is 1. The Kier molecular flexibility index (Phi) is 7.75. The van der Waals surface area contributed by atoms with E-state index in [4.69, 9.17) is 10.5 Å². The van der Waals surface area contributed by atoms with Gasteiger partial charge in [-0.1, -0.05) is 37.6 Å². The summed E-state index contributed by atoms with van der Waals surface area (Å²) in [5, 5.41) is 3.23. The summed E-state index contributed by atoms with van der Waals surface area (Å²) < 4.78 is 5.55. The molecule has 1 aromatic heterocycles. The largest absolute Gasteiger partial charge is 0.463 e. The lowest BCUT2D eigenvalue weighted by Gasteiger charge is -2.13. The van der Waals surface area contributed by atoms with Crippen LogP contribution in [0.1, 0.15) is 30.9 Å². The third-order valence-corrected chi connectivity index (χ3v) is 4.46. The Morgan fingerprint density at radius 3 is 2.81 bits per heavy atom. The van der Waals surface area contributed by atoms with Crippen molar-refractivity contribution in [1.82, 2.24) is 9.97 Å². The molecule has 4 N–H and O–H groups in total. The number of unbranched alkanes of at least 4 members (excludes halogenated alkanes) is 1. The normalized spacial score (nSPS) is 11.8. The fraction of sp³-hybridized carbons (Fsp3) is 0.389. The quantitative estimate of drug-likeness (QED) is 0.332. The number of nitrogens with zero attached hydrogens (tertiary/aromatic N) is 3. The van der Waals surface area contributed by atoms with Crippen LogP contribution in [-0.4, -0.2) is 34.9 Å². The van der Waals surface area contributed by atoms with Gasteiger partial charge in [0.15, 0.2) is 11.6 Å². The molecule has 2 rings (SSSR count). The molecule has 7 nitrogen and oxygen atoms in total. The second-order valence-electron chi connectivity index (χ2n) is 5.94. The van der Waals surface area contributed by atoms with Crippen molar-refractivity contribution in [2.45, 2.75) is 32.5 Å². The van der Waals surface area contributed by atoms with Gasteiger partial charge in [-0.05, 0) is 30.9 Å². The maximum Gasteiger partial charge on any atom is 0.320 e. The zero-order valence-corrected chi connectivity index (χ0v) is 16.2. The van der Waals surface area contributed by atoms with Gasteiger partial charge in [0.1, 0.15) is 5.69 Å². The van der Waals surface area contributed by atoms with Crippen molar-refractivity contribution in [3.8, 4) is 6.01 Å². The molecule has 8 heteroatoms. The van der Waals surface area contributed by atoms with Crippen LogP contribution in [0.15, 0.2) is 29.3 Å². The Labute approximate surface area is 155 Å². The van der Waals surface area contributed by atoms with E-state index in [1.807, 2.05) is 24.9 Å². The Bertz CT molecular complexity index is 740. The average molecular weight is 375 g/mol. The van der Waals surface area contributed by atoms with Crippen LogP contribution in [0.4, 0.5) is 17.3 Å². The number of rotatable bonds is 10. The van der Waals surface area contributed by atoms with E-state index in [2.05, 4.69) is 40.0 Å². The van der Waals surface area contributed by atoms with Gasteiger partial charge < -0.3 is 20.7 Å². The van der Waals surface area contributed by atoms with Crippen molar-refractivity contribution >= 4 is 32.2 Å². The summed E-state index contributed by atoms with van der Waals surface area (Å²) in [5.41, 5.74) is 8.54. The minimum atomic E-state index is -0.964. The number of aromatic nitrogens is 2. The molecule has 0 radical (unpaired) electrons. The molecule has 0 amide bonds. The zero-order chi connectivity index (χ0) is 18.9. The predicted molar refractivity (Wildman–Crippen MR) is 109 cm³/mol. The monoisotopic (exact) mass is 375 g/mol. The van der Waals surface area contributed by atoms with Gasteiger partial charge in [0.05, 0.1) is 6.61 Å². The molecule has 0 aliphatic heterocycles. The first-order chi connectivity index (χ1) is 12.5. The molecule has 1 aromatic carbocycles. The molecule has 0 saturated heterocycles. The van der Waals surface area contributed by atoms with E-state index in [1.165, 1.54) is 0 Å². The zero-order valence-electron chi connectivity index (χ0n) is 15.3. The van der Waals surface area contributed by atoms with Gasteiger partial charge in [-0.3, -0.25) is 4.99 Å². The van der Waals surface area contributed by atoms with Crippen LogP contribution in [0, 0.1) is 0 Å². The maximum atomic E-state index is 9.61. The second kappa shape index (κ2) is 10.0. The van der Waals surface area contributed by atoms with Gasteiger partial charge in [0.2, 0.25) is 0 Å². The van der Waals surface area contributed by atoms with Crippen molar-refractivity contribution in [3.63, 3.8) is 0 Å². The van der Waals surface area contributed by atoms with Crippen molar-refractivity contribution in [2.24, 2.45) is 4.99 Å². The summed E-state index contributed by atoms with van der Waals surface area (Å²) in [4.78, 5) is 22.0. The number of nitrogens with one attached hydrogen (secondary N) is 1. The molecule has 1 heterocycles. The Hall–Kier alpha value is -2.24. The van der Waals surface area contributed by atoms with E-state index in [-0.39, 0.29) is 11.8 Å². The molecule has 26 heavy (non-hydrogen) atoms. The van der Waals surface area contributed by atoms with E-state index in [0.717, 1.165) is 24.0 Å². The van der Waals surface area contributed by atoms with Gasteiger partial charge in [-0.2, -0.15) is 9.97 Å². The van der Waals surface area contributed by atoms with E-state index >= 15 is 0 Å². The van der Waals surface area contributed by atoms with Crippen LogP contribution in [0.3, 0.4) is 0 Å². The topological polar surface area (TPSA) is 106 Å². The molecule has 0 aliphatic carbocycles. The number of hydrogen-bond donors (Lipinski definition) is 3. The van der Waals surface area contributed by atoms with Crippen LogP contribution < -0.4 is 15.8 Å². The third kappa shape index (κ3) is 5.93. The number of hydrogen-bond acceptors (Lipinski definition) is 7. The molecule has 0 saturated carbocycles. The fourth-order valence-electron chi connectivity index (χ4n) is 2.39. The summed E-state index contributed by atoms with van der Waals surface area (Å²) in [5.74, 6) is 0.721. The molecule has 0 spiro atoms. The number of nitrogen functional groups attached to an aromatic ring is 1. The van der Waals surface area contributed by atoms with Crippen LogP contribution in [0.25, 0.3) is 0 Å². The van der Waals surface area contributed by atoms with Gasteiger partial charge >= 0.3 is 6.01 Å². The van der Waals surface area contributed by atoms with Gasteiger partial charge in [-0.15, -0.1) is 0 Å². The van der Waals surface area contributed by atoms with Gasteiger partial charge in [-0.25, -0.2) is 0 Å². The summed E-state index contributed by atoms with van der Waals surface area (Å²) in [6.07, 6.45) is 2.63. The van der Waals surface area contributed by atoms with Crippen LogP contribution in [0.2, 0.25) is 0 Å². The lowest BCUT2D eigenvalue weighted by molar-refractivity contribution is 0.286. The van der Waals surface area contributed by atoms with Crippen molar-refractivity contribution < 1.29 is 9.63 Å². The number of ether oxygens (including phenoxy) is 1. The Morgan fingerprint density at radius 2 is 2.12 bits per heavy atom. The average Bonchev–Trinajstić information content (AvgIpc) is 2.60. The highest BCUT2D eigenvalue weighted by atomic mass is 31.1. The summed E-state index contributed by atoms with van der Waals surface area (Å²) in [6, 6.07) is 8.29. The van der Waals surface area contributed by atoms with Gasteiger partial charge in [0.25, 0.3) is 0 Å². The first-order valence-electron chi connectivity index (χ1n) is 8.52. The first kappa shape index (κ1) is 20.1. The smallest absolute Gasteiger partial charge is 0.320 e. The lowest BCUT2D eigenvalue weighted by atomic mass is 10.1. The number of anilines is 2. The molecule has 2 aromatic rings.